The zero-order valence-corrected chi connectivity index (χ0v) is 19.4. The van der Waals surface area contributed by atoms with Crippen LogP contribution in [0.4, 0.5) is 16.2 Å². The summed E-state index contributed by atoms with van der Waals surface area (Å²) < 4.78 is 12.2. The predicted octanol–water partition coefficient (Wildman–Crippen LogP) is 3.24. The quantitative estimate of drug-likeness (QED) is 0.627. The molecule has 0 saturated carbocycles. The molecule has 3 atom stereocenters. The van der Waals surface area contributed by atoms with Gasteiger partial charge in [0.1, 0.15) is 18.5 Å². The summed E-state index contributed by atoms with van der Waals surface area (Å²) in [5.74, 6) is 0.126. The van der Waals surface area contributed by atoms with Crippen molar-refractivity contribution < 1.29 is 23.9 Å². The van der Waals surface area contributed by atoms with Crippen molar-refractivity contribution in [2.24, 2.45) is 0 Å². The number of anilines is 2. The number of para-hydroxylation sites is 1. The standard InChI is InChI=1S/C25H30N4O5/c1-3-26-25(32)28-17-9-12-21-19(13-17)24(31)29(2)20-11-10-18(34-22(20)15-33-21)14-23(30)27-16-7-5-4-6-8-16/h4-9,12-13,18,20,22H,3,10-11,14-15H2,1-2H3,(H,27,30)(H2,26,28,32)/t18-,20-,22+/m1/s1. The molecule has 1 saturated heterocycles. The van der Waals surface area contributed by atoms with Crippen LogP contribution in [0.5, 0.6) is 5.75 Å². The van der Waals surface area contributed by atoms with E-state index >= 15 is 0 Å². The third kappa shape index (κ3) is 5.48. The highest BCUT2D eigenvalue weighted by atomic mass is 16.5. The lowest BCUT2D eigenvalue weighted by Crippen LogP contribution is -2.53. The first-order valence-corrected chi connectivity index (χ1v) is 11.5. The number of nitrogens with one attached hydrogen (secondary N) is 3. The van der Waals surface area contributed by atoms with Gasteiger partial charge in [0.15, 0.2) is 0 Å². The number of carbonyl (C=O) groups excluding carboxylic acids is 3. The number of hydrogen-bond donors (Lipinski definition) is 3. The number of ether oxygens (including phenoxy) is 2. The van der Waals surface area contributed by atoms with E-state index in [4.69, 9.17) is 9.47 Å². The molecule has 2 heterocycles. The van der Waals surface area contributed by atoms with Crippen molar-refractivity contribution in [1.29, 1.82) is 0 Å². The van der Waals surface area contributed by atoms with Crippen molar-refractivity contribution in [3.63, 3.8) is 0 Å². The second kappa shape index (κ2) is 10.6. The fraction of sp³-hybridized carbons (Fsp3) is 0.400. The van der Waals surface area contributed by atoms with E-state index in [-0.39, 0.29) is 49.1 Å². The van der Waals surface area contributed by atoms with E-state index in [0.29, 0.717) is 36.4 Å². The molecule has 1 fully saturated rings. The largest absolute Gasteiger partial charge is 0.490 e. The highest BCUT2D eigenvalue weighted by Gasteiger charge is 2.39. The van der Waals surface area contributed by atoms with E-state index in [1.54, 1.807) is 30.1 Å². The molecule has 0 radical (unpaired) electrons. The first-order valence-electron chi connectivity index (χ1n) is 11.5. The van der Waals surface area contributed by atoms with Gasteiger partial charge in [-0.3, -0.25) is 9.59 Å². The average Bonchev–Trinajstić information content (AvgIpc) is 2.82. The Labute approximate surface area is 198 Å². The van der Waals surface area contributed by atoms with Gasteiger partial charge in [0.2, 0.25) is 5.91 Å². The van der Waals surface area contributed by atoms with Gasteiger partial charge in [0.25, 0.3) is 5.91 Å². The molecule has 4 rings (SSSR count). The van der Waals surface area contributed by atoms with Gasteiger partial charge < -0.3 is 30.3 Å². The minimum atomic E-state index is -0.349. The lowest BCUT2D eigenvalue weighted by molar-refractivity contribution is -0.130. The van der Waals surface area contributed by atoms with E-state index in [2.05, 4.69) is 16.0 Å². The molecule has 34 heavy (non-hydrogen) atoms. The number of amides is 4. The Bertz CT molecular complexity index is 1040. The topological polar surface area (TPSA) is 109 Å². The molecule has 0 unspecified atom stereocenters. The van der Waals surface area contributed by atoms with Gasteiger partial charge in [-0.2, -0.15) is 0 Å². The minimum absolute atomic E-state index is 0.108. The molecule has 2 aliphatic heterocycles. The Kier molecular flexibility index (Phi) is 7.32. The number of benzene rings is 2. The van der Waals surface area contributed by atoms with E-state index in [1.165, 1.54) is 0 Å². The Morgan fingerprint density at radius 3 is 2.62 bits per heavy atom. The van der Waals surface area contributed by atoms with Gasteiger partial charge in [-0.15, -0.1) is 0 Å². The van der Waals surface area contributed by atoms with Crippen LogP contribution in [0.1, 0.15) is 36.5 Å². The summed E-state index contributed by atoms with van der Waals surface area (Å²) >= 11 is 0. The fourth-order valence-corrected chi connectivity index (χ4v) is 4.38. The molecule has 9 heteroatoms. The lowest BCUT2D eigenvalue weighted by atomic mass is 9.94. The highest BCUT2D eigenvalue weighted by molar-refractivity contribution is 5.99. The van der Waals surface area contributed by atoms with Crippen LogP contribution in [-0.2, 0) is 9.53 Å². The maximum Gasteiger partial charge on any atom is 0.319 e. The second-order valence-electron chi connectivity index (χ2n) is 8.48. The van der Waals surface area contributed by atoms with E-state index in [9.17, 15) is 14.4 Å². The average molecular weight is 467 g/mol. The van der Waals surface area contributed by atoms with Gasteiger partial charge in [-0.1, -0.05) is 18.2 Å². The van der Waals surface area contributed by atoms with Crippen LogP contribution in [0.2, 0.25) is 0 Å². The number of rotatable bonds is 5. The maximum atomic E-state index is 13.3. The van der Waals surface area contributed by atoms with Crippen LogP contribution in [0.25, 0.3) is 0 Å². The van der Waals surface area contributed by atoms with Crippen molar-refractivity contribution in [3.8, 4) is 5.75 Å². The SMILES string of the molecule is CCNC(=O)Nc1ccc2c(c1)C(=O)N(C)[C@@H]1CC[C@H](CC(=O)Nc3ccccc3)O[C@H]1CO2. The van der Waals surface area contributed by atoms with Crippen molar-refractivity contribution in [2.75, 3.05) is 30.8 Å². The first kappa shape index (κ1) is 23.6. The fourth-order valence-electron chi connectivity index (χ4n) is 4.38. The van der Waals surface area contributed by atoms with Crippen LogP contribution in [-0.4, -0.2) is 61.2 Å². The number of likely N-dealkylation sites (N-methyl/N-ethyl adjacent to an activating group) is 1. The molecule has 0 aromatic heterocycles. The Morgan fingerprint density at radius 2 is 1.85 bits per heavy atom. The van der Waals surface area contributed by atoms with Gasteiger partial charge >= 0.3 is 6.03 Å². The highest BCUT2D eigenvalue weighted by Crippen LogP contribution is 2.32. The third-order valence-electron chi connectivity index (χ3n) is 6.08. The monoisotopic (exact) mass is 466 g/mol. The smallest absolute Gasteiger partial charge is 0.319 e. The Hall–Kier alpha value is -3.59. The Balaban J connectivity index is 1.42. The summed E-state index contributed by atoms with van der Waals surface area (Å²) in [6, 6.07) is 13.8. The number of nitrogens with zero attached hydrogens (tertiary/aromatic N) is 1. The molecule has 2 aliphatic rings. The molecule has 4 amide bonds. The normalized spacial score (nSPS) is 21.8. The molecule has 3 N–H and O–H groups in total. The van der Waals surface area contributed by atoms with Crippen LogP contribution in [0, 0.1) is 0 Å². The molecule has 2 aromatic carbocycles. The predicted molar refractivity (Wildman–Crippen MR) is 128 cm³/mol. The second-order valence-corrected chi connectivity index (χ2v) is 8.48. The molecule has 0 spiro atoms. The van der Waals surface area contributed by atoms with Crippen LogP contribution < -0.4 is 20.7 Å². The number of fused-ring (bicyclic) bond motifs is 2. The number of urea groups is 1. The molecule has 180 valence electrons. The lowest BCUT2D eigenvalue weighted by Gasteiger charge is -2.42. The molecule has 0 bridgehead atoms. The summed E-state index contributed by atoms with van der Waals surface area (Å²) in [5.41, 5.74) is 1.65. The van der Waals surface area contributed by atoms with Crippen LogP contribution in [0.15, 0.2) is 48.5 Å². The van der Waals surface area contributed by atoms with Gasteiger partial charge in [0.05, 0.1) is 24.1 Å². The van der Waals surface area contributed by atoms with E-state index in [0.717, 1.165) is 5.69 Å². The van der Waals surface area contributed by atoms with Gasteiger partial charge in [-0.25, -0.2) is 4.79 Å². The molecule has 9 nitrogen and oxygen atoms in total. The van der Waals surface area contributed by atoms with Crippen molar-refractivity contribution in [2.45, 2.75) is 44.4 Å². The summed E-state index contributed by atoms with van der Waals surface area (Å²) in [7, 11) is 1.75. The van der Waals surface area contributed by atoms with Gasteiger partial charge in [-0.05, 0) is 50.1 Å². The number of hydrogen-bond acceptors (Lipinski definition) is 5. The van der Waals surface area contributed by atoms with Crippen molar-refractivity contribution in [3.05, 3.63) is 54.1 Å². The summed E-state index contributed by atoms with van der Waals surface area (Å²) in [6.07, 6.45) is 0.998. The molecule has 0 aliphatic carbocycles. The van der Waals surface area contributed by atoms with Gasteiger partial charge in [0, 0.05) is 25.0 Å². The molecule has 2 aromatic rings. The summed E-state index contributed by atoms with van der Waals surface area (Å²) in [5, 5.41) is 8.28. The van der Waals surface area contributed by atoms with E-state index < -0.39 is 0 Å². The van der Waals surface area contributed by atoms with Crippen LogP contribution >= 0.6 is 0 Å². The van der Waals surface area contributed by atoms with E-state index in [1.807, 2.05) is 37.3 Å². The molecular formula is C25H30N4O5. The Morgan fingerprint density at radius 1 is 1.06 bits per heavy atom. The van der Waals surface area contributed by atoms with Crippen molar-refractivity contribution >= 4 is 29.2 Å². The summed E-state index contributed by atoms with van der Waals surface area (Å²) in [4.78, 5) is 39.3. The van der Waals surface area contributed by atoms with Crippen LogP contribution in [0.3, 0.4) is 0 Å². The zero-order valence-electron chi connectivity index (χ0n) is 19.4. The zero-order chi connectivity index (χ0) is 24.1. The third-order valence-corrected chi connectivity index (χ3v) is 6.08. The van der Waals surface area contributed by atoms with Crippen molar-refractivity contribution in [1.82, 2.24) is 10.2 Å². The maximum absolute atomic E-state index is 13.3. The molecular weight excluding hydrogens is 436 g/mol. The first-order chi connectivity index (χ1) is 16.4. The number of carbonyl (C=O) groups is 3. The summed E-state index contributed by atoms with van der Waals surface area (Å²) in [6.45, 7) is 2.59. The minimum Gasteiger partial charge on any atom is -0.490 e.